The van der Waals surface area contributed by atoms with Crippen LogP contribution in [-0.2, 0) is 27.9 Å². The molecule has 0 aliphatic heterocycles. The Labute approximate surface area is 220 Å². The summed E-state index contributed by atoms with van der Waals surface area (Å²) >= 11 is 0. The van der Waals surface area contributed by atoms with E-state index in [9.17, 15) is 14.3 Å². The normalized spacial score (nSPS) is 17.1. The van der Waals surface area contributed by atoms with E-state index in [0.717, 1.165) is 32.1 Å². The average molecular weight is 529 g/mol. The number of rotatable bonds is 25. The van der Waals surface area contributed by atoms with Crippen LogP contribution in [0, 0.1) is 0 Å². The molecule has 0 heterocycles. The molecule has 210 valence electrons. The highest BCUT2D eigenvalue weighted by Crippen LogP contribution is 2.43. The molecule has 9 heteroatoms. The number of quaternary nitrogens is 1. The van der Waals surface area contributed by atoms with Crippen molar-refractivity contribution in [1.29, 1.82) is 0 Å². The van der Waals surface area contributed by atoms with Crippen LogP contribution in [-0.4, -0.2) is 75.6 Å². The predicted molar refractivity (Wildman–Crippen MR) is 141 cm³/mol. The maximum Gasteiger partial charge on any atom is 0.472 e. The van der Waals surface area contributed by atoms with Crippen LogP contribution in [0.25, 0.3) is 0 Å². The number of likely N-dealkylation sites (N-methyl/N-ethyl adjacent to an activating group) is 1. The Morgan fingerprint density at radius 1 is 0.857 bits per heavy atom. The third-order valence-corrected chi connectivity index (χ3v) is 6.18. The number of phosphoric acid groups is 1. The van der Waals surface area contributed by atoms with Gasteiger partial charge in [-0.15, -0.1) is 0 Å². The zero-order valence-corrected chi connectivity index (χ0v) is 23.8. The zero-order chi connectivity index (χ0) is 30.0. The van der Waals surface area contributed by atoms with Crippen molar-refractivity contribution in [3.8, 4) is 0 Å². The minimum absolute atomic E-state index is 0.000336. The fourth-order valence-corrected chi connectivity index (χ4v) is 3.89. The van der Waals surface area contributed by atoms with E-state index in [1.807, 2.05) is 21.1 Å². The van der Waals surface area contributed by atoms with Gasteiger partial charge in [0.2, 0.25) is 0 Å². The molecule has 0 fully saturated rings. The summed E-state index contributed by atoms with van der Waals surface area (Å²) in [6, 6.07) is 0. The van der Waals surface area contributed by atoms with Crippen molar-refractivity contribution >= 4 is 13.8 Å². The minimum atomic E-state index is -4.29. The van der Waals surface area contributed by atoms with E-state index < -0.39 is 32.6 Å². The van der Waals surface area contributed by atoms with Crippen molar-refractivity contribution in [3.63, 3.8) is 0 Å². The van der Waals surface area contributed by atoms with Crippen molar-refractivity contribution in [1.82, 2.24) is 0 Å². The first-order valence-electron chi connectivity index (χ1n) is 15.2. The van der Waals surface area contributed by atoms with Gasteiger partial charge >= 0.3 is 13.8 Å². The van der Waals surface area contributed by atoms with E-state index in [2.05, 4.69) is 6.92 Å². The Bertz CT molecular complexity index is 708. The van der Waals surface area contributed by atoms with E-state index in [1.54, 1.807) is 0 Å². The van der Waals surface area contributed by atoms with E-state index in [-0.39, 0.29) is 32.7 Å². The van der Waals surface area contributed by atoms with E-state index in [0.29, 0.717) is 36.9 Å². The number of carbonyl (C=O) groups excluding carboxylic acids is 1. The summed E-state index contributed by atoms with van der Waals surface area (Å²) in [5.41, 5.74) is 0. The van der Waals surface area contributed by atoms with Gasteiger partial charge in [-0.1, -0.05) is 90.3 Å². The van der Waals surface area contributed by atoms with Gasteiger partial charge in [-0.05, 0) is 6.42 Å². The number of esters is 1. The standard InChI is InChI=1S/C26H54NO7P/c1-6-7-8-9-10-11-12-13-14-15-16-17-18-19-21-31-23-26(34-25(2)28)24-33-35(29,30)32-22-20-27(3,4)5/h26H,6-24H2,1-5H3/p+1/t26-/m1/s1/i13D2,14D2. The molecule has 0 bridgehead atoms. The molecule has 2 atom stereocenters. The summed E-state index contributed by atoms with van der Waals surface area (Å²) in [5.74, 6) is -0.559. The highest BCUT2D eigenvalue weighted by Gasteiger charge is 2.25. The van der Waals surface area contributed by atoms with Gasteiger partial charge in [-0.25, -0.2) is 4.57 Å². The lowest BCUT2D eigenvalue weighted by atomic mass is 10.0. The number of unbranched alkanes of at least 4 members (excludes halogenated alkanes) is 8. The molecule has 0 radical (unpaired) electrons. The first-order chi connectivity index (χ1) is 18.0. The molecule has 0 aromatic heterocycles. The summed E-state index contributed by atoms with van der Waals surface area (Å²) in [7, 11) is 1.49. The fourth-order valence-electron chi connectivity index (χ4n) is 3.15. The molecule has 0 saturated heterocycles. The predicted octanol–water partition coefficient (Wildman–Crippen LogP) is 6.26. The molecule has 0 aromatic carbocycles. The zero-order valence-electron chi connectivity index (χ0n) is 26.9. The van der Waals surface area contributed by atoms with Gasteiger partial charge in [0, 0.05) is 19.0 Å². The second-order valence-electron chi connectivity index (χ2n) is 9.95. The van der Waals surface area contributed by atoms with Gasteiger partial charge in [0.15, 0.2) is 0 Å². The van der Waals surface area contributed by atoms with E-state index in [4.69, 9.17) is 24.0 Å². The van der Waals surface area contributed by atoms with Crippen LogP contribution < -0.4 is 0 Å². The maximum atomic E-state index is 12.1. The van der Waals surface area contributed by atoms with Gasteiger partial charge in [0.25, 0.3) is 0 Å². The number of carbonyl (C=O) groups is 1. The van der Waals surface area contributed by atoms with Crippen LogP contribution in [0.15, 0.2) is 0 Å². The Morgan fingerprint density at radius 3 is 1.94 bits per heavy atom. The molecule has 0 amide bonds. The van der Waals surface area contributed by atoms with Crippen LogP contribution >= 0.6 is 7.82 Å². The highest BCUT2D eigenvalue weighted by atomic mass is 31.2. The first kappa shape index (κ1) is 27.5. The molecule has 1 N–H and O–H groups in total. The molecule has 35 heavy (non-hydrogen) atoms. The molecular formula is C26H55NO7P+. The summed E-state index contributed by atoms with van der Waals surface area (Å²) < 4.78 is 66.2. The van der Waals surface area contributed by atoms with Crippen molar-refractivity contribution in [3.05, 3.63) is 0 Å². The van der Waals surface area contributed by atoms with Crippen molar-refractivity contribution in [2.45, 2.75) is 110 Å². The van der Waals surface area contributed by atoms with Crippen LogP contribution in [0.2, 0.25) is 0 Å². The van der Waals surface area contributed by atoms with Crippen LogP contribution in [0.5, 0.6) is 0 Å². The number of nitrogens with zero attached hydrogens (tertiary/aromatic N) is 1. The molecule has 8 nitrogen and oxygen atoms in total. The highest BCUT2D eigenvalue weighted by molar-refractivity contribution is 7.47. The largest absolute Gasteiger partial charge is 0.472 e. The summed E-state index contributed by atoms with van der Waals surface area (Å²) in [6.07, 6.45) is 4.99. The third-order valence-electron chi connectivity index (χ3n) is 5.20. The maximum absolute atomic E-state index is 12.1. The molecule has 0 rings (SSSR count). The van der Waals surface area contributed by atoms with Crippen LogP contribution in [0.1, 0.15) is 109 Å². The number of hydrogen-bond acceptors (Lipinski definition) is 6. The lowest BCUT2D eigenvalue weighted by molar-refractivity contribution is -0.870. The van der Waals surface area contributed by atoms with Gasteiger partial charge in [-0.2, -0.15) is 0 Å². The third kappa shape index (κ3) is 26.4. The topological polar surface area (TPSA) is 91.3 Å². The molecule has 0 saturated carbocycles. The van der Waals surface area contributed by atoms with Gasteiger partial charge in [0.05, 0.1) is 34.4 Å². The molecule has 1 unspecified atom stereocenters. The fraction of sp³-hybridized carbons (Fsp3) is 0.962. The Balaban J connectivity index is 4.21. The first-order valence-corrected chi connectivity index (χ1v) is 14.7. The second kappa shape index (κ2) is 21.6. The lowest BCUT2D eigenvalue weighted by Gasteiger charge is -2.24. The van der Waals surface area contributed by atoms with Crippen LogP contribution in [0.4, 0.5) is 0 Å². The Hall–Kier alpha value is -0.500. The molecule has 0 spiro atoms. The summed E-state index contributed by atoms with van der Waals surface area (Å²) in [5, 5.41) is 0. The van der Waals surface area contributed by atoms with Gasteiger partial charge in [0.1, 0.15) is 19.3 Å². The molecule has 0 aliphatic carbocycles. The second-order valence-corrected chi connectivity index (χ2v) is 11.4. The van der Waals surface area contributed by atoms with E-state index >= 15 is 0 Å². The van der Waals surface area contributed by atoms with Crippen LogP contribution in [0.3, 0.4) is 0 Å². The minimum Gasteiger partial charge on any atom is -0.458 e. The Kier molecular flexibility index (Phi) is 17.0. The number of ether oxygens (including phenoxy) is 2. The van der Waals surface area contributed by atoms with Gasteiger partial charge < -0.3 is 18.9 Å². The number of phosphoric ester groups is 1. The molecular weight excluding hydrogens is 469 g/mol. The molecule has 0 aromatic rings. The van der Waals surface area contributed by atoms with E-state index in [1.165, 1.54) is 19.8 Å². The quantitative estimate of drug-likeness (QED) is 0.0647. The SMILES string of the molecule is [2H]C([2H])(CCCCCCCC)C([2H])([2H])CCCCCCOC[C@H](COP(=O)(O)OCC[N+](C)(C)C)OC(C)=O. The average Bonchev–Trinajstić information content (AvgIpc) is 2.79. The van der Waals surface area contributed by atoms with Crippen molar-refractivity contribution in [2.75, 3.05) is 54.1 Å². The number of hydrogen-bond donors (Lipinski definition) is 1. The summed E-state index contributed by atoms with van der Waals surface area (Å²) in [4.78, 5) is 21.2. The van der Waals surface area contributed by atoms with Crippen molar-refractivity contribution < 1.29 is 42.7 Å². The van der Waals surface area contributed by atoms with Crippen molar-refractivity contribution in [2.24, 2.45) is 0 Å². The summed E-state index contributed by atoms with van der Waals surface area (Å²) in [6.45, 7) is 3.98. The Morgan fingerprint density at radius 2 is 1.40 bits per heavy atom. The molecule has 0 aliphatic rings. The van der Waals surface area contributed by atoms with Gasteiger partial charge in [-0.3, -0.25) is 13.8 Å². The lowest BCUT2D eigenvalue weighted by Crippen LogP contribution is -2.37. The smallest absolute Gasteiger partial charge is 0.458 e. The monoisotopic (exact) mass is 528 g/mol.